The molecule has 0 amide bonds. The minimum Gasteiger partial charge on any atom is -0.303 e. The molecule has 0 aromatic heterocycles. The van der Waals surface area contributed by atoms with E-state index < -0.39 is 0 Å². The van der Waals surface area contributed by atoms with E-state index in [4.69, 9.17) is 0 Å². The molecule has 1 saturated heterocycles. The second-order valence-corrected chi connectivity index (χ2v) is 4.19. The van der Waals surface area contributed by atoms with Gasteiger partial charge in [-0.1, -0.05) is 13.8 Å². The molecule has 0 atom stereocenters. The van der Waals surface area contributed by atoms with E-state index in [0.29, 0.717) is 11.8 Å². The summed E-state index contributed by atoms with van der Waals surface area (Å²) in [6.45, 7) is 7.92. The number of aldehydes is 1. The molecular weight excluding hydrogens is 162 g/mol. The Morgan fingerprint density at radius 3 is 2.54 bits per heavy atom. The van der Waals surface area contributed by atoms with Crippen LogP contribution in [0, 0.1) is 5.41 Å². The molecule has 2 nitrogen and oxygen atoms in total. The van der Waals surface area contributed by atoms with E-state index in [2.05, 4.69) is 18.7 Å². The van der Waals surface area contributed by atoms with Crippen molar-refractivity contribution in [3.05, 3.63) is 0 Å². The zero-order chi connectivity index (χ0) is 9.73. The number of hydrogen-bond donors (Lipinski definition) is 0. The van der Waals surface area contributed by atoms with Gasteiger partial charge in [-0.05, 0) is 31.2 Å². The molecule has 1 rings (SSSR count). The zero-order valence-corrected chi connectivity index (χ0v) is 8.88. The third kappa shape index (κ3) is 2.53. The molecule has 0 N–H and O–H groups in total. The Kier molecular flexibility index (Phi) is 3.91. The van der Waals surface area contributed by atoms with Gasteiger partial charge in [0.2, 0.25) is 0 Å². The summed E-state index contributed by atoms with van der Waals surface area (Å²) in [5.74, 6) is 0. The molecule has 0 saturated carbocycles. The molecule has 1 fully saturated rings. The van der Waals surface area contributed by atoms with Gasteiger partial charge < -0.3 is 9.69 Å². The lowest BCUT2D eigenvalue weighted by molar-refractivity contribution is -0.108. The molecule has 0 aliphatic carbocycles. The zero-order valence-electron chi connectivity index (χ0n) is 8.88. The van der Waals surface area contributed by atoms with Gasteiger partial charge in [0.1, 0.15) is 6.29 Å². The summed E-state index contributed by atoms with van der Waals surface area (Å²) in [6.07, 6.45) is 5.60. The minimum atomic E-state index is 0.558. The van der Waals surface area contributed by atoms with Crippen LogP contribution in [0.2, 0.25) is 0 Å². The monoisotopic (exact) mass is 183 g/mol. The van der Waals surface area contributed by atoms with Crippen LogP contribution in [0.5, 0.6) is 0 Å². The fraction of sp³-hybridized carbons (Fsp3) is 0.909. The Hall–Kier alpha value is -0.370. The Labute approximate surface area is 81.3 Å². The van der Waals surface area contributed by atoms with Gasteiger partial charge in [-0.25, -0.2) is 0 Å². The van der Waals surface area contributed by atoms with Crippen molar-refractivity contribution in [2.75, 3.05) is 19.6 Å². The highest BCUT2D eigenvalue weighted by atomic mass is 16.1. The standard InChI is InChI=1S/C11H21NO/c1-3-11(4-2)6-8-12(10-11)7-5-9-13/h9H,3-8,10H2,1-2H3. The second-order valence-electron chi connectivity index (χ2n) is 4.19. The average Bonchev–Trinajstić information content (AvgIpc) is 2.59. The normalized spacial score (nSPS) is 22.0. The topological polar surface area (TPSA) is 20.3 Å². The Balaban J connectivity index is 2.37. The van der Waals surface area contributed by atoms with E-state index in [0.717, 1.165) is 12.8 Å². The average molecular weight is 183 g/mol. The lowest BCUT2D eigenvalue weighted by Crippen LogP contribution is -2.27. The van der Waals surface area contributed by atoms with Crippen molar-refractivity contribution in [2.45, 2.75) is 39.5 Å². The van der Waals surface area contributed by atoms with Crippen molar-refractivity contribution in [3.8, 4) is 0 Å². The first-order valence-corrected chi connectivity index (χ1v) is 5.42. The summed E-state index contributed by atoms with van der Waals surface area (Å²) >= 11 is 0. The predicted molar refractivity (Wildman–Crippen MR) is 54.8 cm³/mol. The summed E-state index contributed by atoms with van der Waals surface area (Å²) in [7, 11) is 0. The first-order valence-electron chi connectivity index (χ1n) is 5.42. The van der Waals surface area contributed by atoms with Crippen LogP contribution in [0.3, 0.4) is 0 Å². The van der Waals surface area contributed by atoms with Gasteiger partial charge in [0.05, 0.1) is 0 Å². The summed E-state index contributed by atoms with van der Waals surface area (Å²) in [4.78, 5) is 12.7. The van der Waals surface area contributed by atoms with Crippen LogP contribution in [0.15, 0.2) is 0 Å². The molecule has 1 aliphatic rings. The van der Waals surface area contributed by atoms with Crippen molar-refractivity contribution in [1.82, 2.24) is 4.90 Å². The van der Waals surface area contributed by atoms with Crippen molar-refractivity contribution in [3.63, 3.8) is 0 Å². The van der Waals surface area contributed by atoms with Gasteiger partial charge in [0.15, 0.2) is 0 Å². The van der Waals surface area contributed by atoms with Crippen molar-refractivity contribution >= 4 is 6.29 Å². The van der Waals surface area contributed by atoms with Crippen molar-refractivity contribution < 1.29 is 4.79 Å². The van der Waals surface area contributed by atoms with Crippen LogP contribution in [0.1, 0.15) is 39.5 Å². The maximum Gasteiger partial charge on any atom is 0.121 e. The number of likely N-dealkylation sites (tertiary alicyclic amines) is 1. The molecule has 0 unspecified atom stereocenters. The first-order chi connectivity index (χ1) is 6.26. The summed E-state index contributed by atoms with van der Waals surface area (Å²) in [5, 5.41) is 0. The maximum absolute atomic E-state index is 10.2. The molecular formula is C11H21NO. The fourth-order valence-corrected chi connectivity index (χ4v) is 2.28. The molecule has 13 heavy (non-hydrogen) atoms. The number of carbonyl (C=O) groups is 1. The molecule has 0 bridgehead atoms. The highest BCUT2D eigenvalue weighted by molar-refractivity contribution is 5.49. The van der Waals surface area contributed by atoms with Crippen LogP contribution >= 0.6 is 0 Å². The van der Waals surface area contributed by atoms with Crippen LogP contribution in [0.4, 0.5) is 0 Å². The van der Waals surface area contributed by atoms with Gasteiger partial charge in [-0.3, -0.25) is 0 Å². The SMILES string of the molecule is CCC1(CC)CCN(CCC=O)C1. The summed E-state index contributed by atoms with van der Waals surface area (Å²) in [6, 6.07) is 0. The van der Waals surface area contributed by atoms with Crippen molar-refractivity contribution in [2.24, 2.45) is 5.41 Å². The van der Waals surface area contributed by atoms with E-state index in [1.165, 1.54) is 32.4 Å². The third-order valence-electron chi connectivity index (χ3n) is 3.58. The largest absolute Gasteiger partial charge is 0.303 e. The number of nitrogens with zero attached hydrogens (tertiary/aromatic N) is 1. The Morgan fingerprint density at radius 1 is 1.38 bits per heavy atom. The second kappa shape index (κ2) is 4.75. The molecule has 0 aromatic rings. The van der Waals surface area contributed by atoms with Gasteiger partial charge in [-0.15, -0.1) is 0 Å². The van der Waals surface area contributed by atoms with Crippen LogP contribution in [-0.4, -0.2) is 30.8 Å². The lowest BCUT2D eigenvalue weighted by Gasteiger charge is -2.26. The lowest BCUT2D eigenvalue weighted by atomic mass is 9.82. The third-order valence-corrected chi connectivity index (χ3v) is 3.58. The van der Waals surface area contributed by atoms with Crippen LogP contribution in [-0.2, 0) is 4.79 Å². The number of hydrogen-bond acceptors (Lipinski definition) is 2. The van der Waals surface area contributed by atoms with E-state index >= 15 is 0 Å². The molecule has 0 spiro atoms. The molecule has 1 aliphatic heterocycles. The van der Waals surface area contributed by atoms with Crippen molar-refractivity contribution in [1.29, 1.82) is 0 Å². The fourth-order valence-electron chi connectivity index (χ4n) is 2.28. The van der Waals surface area contributed by atoms with Crippen LogP contribution < -0.4 is 0 Å². The van der Waals surface area contributed by atoms with Gasteiger partial charge in [-0.2, -0.15) is 0 Å². The quantitative estimate of drug-likeness (QED) is 0.608. The van der Waals surface area contributed by atoms with Gasteiger partial charge in [0, 0.05) is 19.5 Å². The molecule has 1 heterocycles. The molecule has 76 valence electrons. The Morgan fingerprint density at radius 2 is 2.08 bits per heavy atom. The predicted octanol–water partition coefficient (Wildman–Crippen LogP) is 2.09. The van der Waals surface area contributed by atoms with E-state index in [-0.39, 0.29) is 0 Å². The summed E-state index contributed by atoms with van der Waals surface area (Å²) in [5.41, 5.74) is 0.558. The number of carbonyl (C=O) groups excluding carboxylic acids is 1. The minimum absolute atomic E-state index is 0.558. The van der Waals surface area contributed by atoms with E-state index in [9.17, 15) is 4.79 Å². The maximum atomic E-state index is 10.2. The highest BCUT2D eigenvalue weighted by Gasteiger charge is 2.34. The van der Waals surface area contributed by atoms with E-state index in [1.54, 1.807) is 0 Å². The van der Waals surface area contributed by atoms with Gasteiger partial charge >= 0.3 is 0 Å². The number of rotatable bonds is 5. The van der Waals surface area contributed by atoms with Gasteiger partial charge in [0.25, 0.3) is 0 Å². The van der Waals surface area contributed by atoms with E-state index in [1.807, 2.05) is 0 Å². The smallest absolute Gasteiger partial charge is 0.121 e. The molecule has 2 heteroatoms. The van der Waals surface area contributed by atoms with Crippen LogP contribution in [0.25, 0.3) is 0 Å². The Bertz CT molecular complexity index is 163. The highest BCUT2D eigenvalue weighted by Crippen LogP contribution is 2.36. The first kappa shape index (κ1) is 10.7. The molecule has 0 aromatic carbocycles. The summed E-state index contributed by atoms with van der Waals surface area (Å²) < 4.78 is 0. The molecule has 0 radical (unpaired) electrons.